The molecule has 1 heterocycles. The van der Waals surface area contributed by atoms with Gasteiger partial charge in [0, 0.05) is 19.1 Å². The third-order valence-electron chi connectivity index (χ3n) is 3.18. The molecule has 0 spiro atoms. The first kappa shape index (κ1) is 14.9. The van der Waals surface area contributed by atoms with Crippen LogP contribution in [0.2, 0.25) is 0 Å². The lowest BCUT2D eigenvalue weighted by Gasteiger charge is -2.24. The van der Waals surface area contributed by atoms with Crippen LogP contribution in [0.15, 0.2) is 0 Å². The van der Waals surface area contributed by atoms with Crippen LogP contribution in [0.4, 0.5) is 0 Å². The van der Waals surface area contributed by atoms with E-state index in [0.717, 1.165) is 26.1 Å². The van der Waals surface area contributed by atoms with Crippen LogP contribution in [0.1, 0.15) is 26.2 Å². The quantitative estimate of drug-likeness (QED) is 0.635. The number of nitrogens with one attached hydrogen (secondary N) is 2. The summed E-state index contributed by atoms with van der Waals surface area (Å²) in [5.74, 6) is 0. The molecule has 1 aliphatic heterocycles. The van der Waals surface area contributed by atoms with Crippen molar-refractivity contribution >= 4 is 10.0 Å². The van der Waals surface area contributed by atoms with Crippen molar-refractivity contribution in [1.29, 1.82) is 0 Å². The SMILES string of the molecule is CCN(CCCNC1CCNCC1)S(C)(=O)=O. The Labute approximate surface area is 105 Å². The van der Waals surface area contributed by atoms with Crippen molar-refractivity contribution in [2.45, 2.75) is 32.2 Å². The van der Waals surface area contributed by atoms with Crippen molar-refractivity contribution in [2.24, 2.45) is 0 Å². The minimum atomic E-state index is -3.02. The lowest BCUT2D eigenvalue weighted by molar-refractivity contribution is 0.369. The first-order valence-electron chi connectivity index (χ1n) is 6.43. The summed E-state index contributed by atoms with van der Waals surface area (Å²) in [6.45, 7) is 6.13. The minimum Gasteiger partial charge on any atom is -0.317 e. The van der Waals surface area contributed by atoms with Crippen molar-refractivity contribution in [2.75, 3.05) is 39.0 Å². The van der Waals surface area contributed by atoms with Crippen LogP contribution in [-0.4, -0.2) is 57.7 Å². The van der Waals surface area contributed by atoms with Gasteiger partial charge >= 0.3 is 0 Å². The van der Waals surface area contributed by atoms with Crippen LogP contribution in [0.25, 0.3) is 0 Å². The second-order valence-corrected chi connectivity index (χ2v) is 6.57. The van der Waals surface area contributed by atoms with Gasteiger partial charge in [-0.1, -0.05) is 6.92 Å². The summed E-state index contributed by atoms with van der Waals surface area (Å²) < 4.78 is 24.2. The van der Waals surface area contributed by atoms with Gasteiger partial charge in [0.15, 0.2) is 0 Å². The first-order valence-corrected chi connectivity index (χ1v) is 8.28. The molecule has 102 valence electrons. The highest BCUT2D eigenvalue weighted by atomic mass is 32.2. The zero-order valence-electron chi connectivity index (χ0n) is 10.9. The molecule has 17 heavy (non-hydrogen) atoms. The van der Waals surface area contributed by atoms with Gasteiger partial charge in [-0.2, -0.15) is 0 Å². The van der Waals surface area contributed by atoms with Gasteiger partial charge in [-0.05, 0) is 38.9 Å². The van der Waals surface area contributed by atoms with Crippen molar-refractivity contribution in [3.05, 3.63) is 0 Å². The van der Waals surface area contributed by atoms with Gasteiger partial charge in [0.05, 0.1) is 6.26 Å². The van der Waals surface area contributed by atoms with Gasteiger partial charge in [0.2, 0.25) is 10.0 Å². The fourth-order valence-corrected chi connectivity index (χ4v) is 3.08. The van der Waals surface area contributed by atoms with E-state index in [0.29, 0.717) is 19.1 Å². The summed E-state index contributed by atoms with van der Waals surface area (Å²) in [4.78, 5) is 0. The Morgan fingerprint density at radius 2 is 2.00 bits per heavy atom. The molecule has 0 aliphatic carbocycles. The molecule has 2 N–H and O–H groups in total. The molecule has 1 rings (SSSR count). The van der Waals surface area contributed by atoms with Crippen LogP contribution in [0.3, 0.4) is 0 Å². The number of rotatable bonds is 7. The normalized spacial score (nSPS) is 18.8. The number of nitrogens with zero attached hydrogens (tertiary/aromatic N) is 1. The maximum Gasteiger partial charge on any atom is 0.211 e. The van der Waals surface area contributed by atoms with E-state index >= 15 is 0 Å². The molecule has 1 fully saturated rings. The molecule has 0 atom stereocenters. The number of piperidine rings is 1. The van der Waals surface area contributed by atoms with E-state index in [1.54, 1.807) is 0 Å². The molecular weight excluding hydrogens is 238 g/mol. The largest absolute Gasteiger partial charge is 0.317 e. The second kappa shape index (κ2) is 7.31. The summed E-state index contributed by atoms with van der Waals surface area (Å²) in [6, 6.07) is 0.601. The van der Waals surface area contributed by atoms with Gasteiger partial charge in [-0.25, -0.2) is 12.7 Å². The molecule has 0 amide bonds. The summed E-state index contributed by atoms with van der Waals surface area (Å²) in [5, 5.41) is 6.82. The smallest absolute Gasteiger partial charge is 0.211 e. The number of hydrogen-bond acceptors (Lipinski definition) is 4. The molecule has 1 saturated heterocycles. The molecule has 6 heteroatoms. The molecule has 0 bridgehead atoms. The molecule has 0 aromatic heterocycles. The molecule has 0 aromatic carbocycles. The van der Waals surface area contributed by atoms with Gasteiger partial charge in [0.25, 0.3) is 0 Å². The fourth-order valence-electron chi connectivity index (χ4n) is 2.15. The Hall–Kier alpha value is -0.170. The second-order valence-electron chi connectivity index (χ2n) is 4.59. The zero-order chi connectivity index (χ0) is 12.7. The van der Waals surface area contributed by atoms with Crippen molar-refractivity contribution in [1.82, 2.24) is 14.9 Å². The van der Waals surface area contributed by atoms with Crippen LogP contribution in [0.5, 0.6) is 0 Å². The molecule has 0 radical (unpaired) electrons. The van der Waals surface area contributed by atoms with E-state index < -0.39 is 10.0 Å². The van der Waals surface area contributed by atoms with Crippen molar-refractivity contribution in [3.63, 3.8) is 0 Å². The van der Waals surface area contributed by atoms with E-state index in [2.05, 4.69) is 10.6 Å². The maximum absolute atomic E-state index is 11.4. The van der Waals surface area contributed by atoms with E-state index in [1.165, 1.54) is 23.4 Å². The monoisotopic (exact) mass is 263 g/mol. The number of hydrogen-bond donors (Lipinski definition) is 2. The van der Waals surface area contributed by atoms with Crippen molar-refractivity contribution < 1.29 is 8.42 Å². The van der Waals surface area contributed by atoms with Crippen LogP contribution >= 0.6 is 0 Å². The lowest BCUT2D eigenvalue weighted by Crippen LogP contribution is -2.41. The summed E-state index contributed by atoms with van der Waals surface area (Å²) in [7, 11) is -3.02. The standard InChI is InChI=1S/C11H25N3O2S/c1-3-14(17(2,15)16)10-4-7-13-11-5-8-12-9-6-11/h11-13H,3-10H2,1-2H3. The van der Waals surface area contributed by atoms with Gasteiger partial charge in [-0.3, -0.25) is 0 Å². The molecule has 0 unspecified atom stereocenters. The average Bonchev–Trinajstić information content (AvgIpc) is 2.28. The topological polar surface area (TPSA) is 61.4 Å². The van der Waals surface area contributed by atoms with Gasteiger partial charge in [0.1, 0.15) is 0 Å². The third kappa shape index (κ3) is 5.81. The summed E-state index contributed by atoms with van der Waals surface area (Å²) in [6.07, 6.45) is 4.49. The minimum absolute atomic E-state index is 0.562. The summed E-state index contributed by atoms with van der Waals surface area (Å²) >= 11 is 0. The maximum atomic E-state index is 11.4. The predicted octanol–water partition coefficient (Wildman–Crippen LogP) is -0.000400. The Kier molecular flexibility index (Phi) is 6.40. The molecule has 1 aliphatic rings. The van der Waals surface area contributed by atoms with Crippen molar-refractivity contribution in [3.8, 4) is 0 Å². The van der Waals surface area contributed by atoms with E-state index in [1.807, 2.05) is 6.92 Å². The Balaban J connectivity index is 2.14. The van der Waals surface area contributed by atoms with Crippen LogP contribution < -0.4 is 10.6 Å². The molecule has 5 nitrogen and oxygen atoms in total. The van der Waals surface area contributed by atoms with E-state index in [9.17, 15) is 8.42 Å². The highest BCUT2D eigenvalue weighted by Gasteiger charge is 2.14. The first-order chi connectivity index (χ1) is 8.04. The Bertz CT molecular complexity index is 300. The number of sulfonamides is 1. The van der Waals surface area contributed by atoms with Crippen LogP contribution in [-0.2, 0) is 10.0 Å². The highest BCUT2D eigenvalue weighted by molar-refractivity contribution is 7.88. The molecule has 0 saturated carbocycles. The molecule has 0 aromatic rings. The van der Waals surface area contributed by atoms with E-state index in [-0.39, 0.29) is 0 Å². The zero-order valence-corrected chi connectivity index (χ0v) is 11.7. The highest BCUT2D eigenvalue weighted by Crippen LogP contribution is 2.02. The van der Waals surface area contributed by atoms with Crippen LogP contribution in [0, 0.1) is 0 Å². The molecular formula is C11H25N3O2S. The van der Waals surface area contributed by atoms with Gasteiger partial charge in [-0.15, -0.1) is 0 Å². The van der Waals surface area contributed by atoms with Gasteiger partial charge < -0.3 is 10.6 Å². The Morgan fingerprint density at radius 1 is 1.35 bits per heavy atom. The fraction of sp³-hybridized carbons (Fsp3) is 1.00. The average molecular weight is 263 g/mol. The third-order valence-corrected chi connectivity index (χ3v) is 4.56. The summed E-state index contributed by atoms with van der Waals surface area (Å²) in [5.41, 5.74) is 0. The lowest BCUT2D eigenvalue weighted by atomic mass is 10.1. The Morgan fingerprint density at radius 3 is 2.53 bits per heavy atom. The predicted molar refractivity (Wildman–Crippen MR) is 70.6 cm³/mol. The van der Waals surface area contributed by atoms with E-state index in [4.69, 9.17) is 0 Å².